The van der Waals surface area contributed by atoms with Crippen LogP contribution >= 0.6 is 0 Å². The highest BCUT2D eigenvalue weighted by Crippen LogP contribution is 2.31. The molecule has 0 aliphatic rings. The van der Waals surface area contributed by atoms with Crippen LogP contribution in [-0.2, 0) is 0 Å². The van der Waals surface area contributed by atoms with Crippen LogP contribution in [-0.4, -0.2) is 22.5 Å². The Morgan fingerprint density at radius 3 is 2.61 bits per heavy atom. The average Bonchev–Trinajstić information content (AvgIpc) is 2.80. The number of hydrogen-bond acceptors (Lipinski definition) is 4. The second-order valence-electron chi connectivity index (χ2n) is 3.81. The molecule has 0 spiro atoms. The molecule has 0 aliphatic heterocycles. The van der Waals surface area contributed by atoms with Crippen molar-refractivity contribution in [3.63, 3.8) is 0 Å². The lowest BCUT2D eigenvalue weighted by atomic mass is 10.0. The Hall–Kier alpha value is -2.56. The van der Waals surface area contributed by atoms with Gasteiger partial charge in [-0.15, -0.1) is 0 Å². The van der Waals surface area contributed by atoms with Crippen molar-refractivity contribution in [2.75, 3.05) is 0 Å². The number of aldehydes is 1. The number of phenolic OH excluding ortho intramolecular Hbond substituents is 1. The van der Waals surface area contributed by atoms with Gasteiger partial charge in [-0.05, 0) is 36.8 Å². The smallest absolute Gasteiger partial charge is 0.336 e. The van der Waals surface area contributed by atoms with E-state index < -0.39 is 5.97 Å². The first-order valence-electron chi connectivity index (χ1n) is 5.15. The van der Waals surface area contributed by atoms with Crippen molar-refractivity contribution in [3.05, 3.63) is 41.2 Å². The lowest BCUT2D eigenvalue weighted by Gasteiger charge is -2.06. The predicted octanol–water partition coefficient (Wildman–Crippen LogP) is 2.47. The minimum Gasteiger partial charge on any atom is -0.508 e. The summed E-state index contributed by atoms with van der Waals surface area (Å²) in [5.41, 5.74) is 0.773. The molecular formula is C13H10O5. The van der Waals surface area contributed by atoms with Gasteiger partial charge < -0.3 is 14.6 Å². The molecule has 2 N–H and O–H groups in total. The van der Waals surface area contributed by atoms with Gasteiger partial charge in [0.05, 0.1) is 5.56 Å². The number of carbonyl (C=O) groups excluding carboxylic acids is 1. The van der Waals surface area contributed by atoms with Gasteiger partial charge in [-0.3, -0.25) is 4.79 Å². The molecule has 0 saturated heterocycles. The van der Waals surface area contributed by atoms with Crippen LogP contribution in [0.25, 0.3) is 11.3 Å². The predicted molar refractivity (Wildman–Crippen MR) is 62.9 cm³/mol. The first-order chi connectivity index (χ1) is 8.52. The third kappa shape index (κ3) is 1.98. The van der Waals surface area contributed by atoms with Crippen molar-refractivity contribution in [1.29, 1.82) is 0 Å². The van der Waals surface area contributed by atoms with Crippen molar-refractivity contribution < 1.29 is 24.2 Å². The minimum absolute atomic E-state index is 0.0788. The number of rotatable bonds is 3. The fraction of sp³-hybridized carbons (Fsp3) is 0.0769. The summed E-state index contributed by atoms with van der Waals surface area (Å²) in [4.78, 5) is 21.7. The van der Waals surface area contributed by atoms with Crippen LogP contribution in [0.15, 0.2) is 28.7 Å². The van der Waals surface area contributed by atoms with E-state index in [1.54, 1.807) is 6.92 Å². The maximum Gasteiger partial charge on any atom is 0.336 e. The van der Waals surface area contributed by atoms with E-state index in [1.807, 2.05) is 0 Å². The van der Waals surface area contributed by atoms with E-state index >= 15 is 0 Å². The molecule has 1 aromatic heterocycles. The lowest BCUT2D eigenvalue weighted by Crippen LogP contribution is -1.99. The number of aromatic carboxylic acids is 1. The number of furan rings is 1. The summed E-state index contributed by atoms with van der Waals surface area (Å²) in [7, 11) is 0. The van der Waals surface area contributed by atoms with E-state index in [0.29, 0.717) is 17.4 Å². The fourth-order valence-electron chi connectivity index (χ4n) is 1.64. The van der Waals surface area contributed by atoms with Gasteiger partial charge in [0.15, 0.2) is 12.0 Å². The molecule has 0 atom stereocenters. The molecule has 0 amide bonds. The molecule has 0 aliphatic carbocycles. The summed E-state index contributed by atoms with van der Waals surface area (Å²) in [6, 6.07) is 5.64. The summed E-state index contributed by atoms with van der Waals surface area (Å²) < 4.78 is 5.19. The Bertz CT molecular complexity index is 624. The van der Waals surface area contributed by atoms with E-state index in [2.05, 4.69) is 0 Å². The molecule has 0 fully saturated rings. The number of aryl methyl sites for hydroxylation is 1. The van der Waals surface area contributed by atoms with Gasteiger partial charge in [-0.1, -0.05) is 0 Å². The van der Waals surface area contributed by atoms with E-state index in [1.165, 1.54) is 18.2 Å². The van der Waals surface area contributed by atoms with E-state index in [0.717, 1.165) is 6.07 Å². The Morgan fingerprint density at radius 2 is 2.06 bits per heavy atom. The molecule has 0 unspecified atom stereocenters. The van der Waals surface area contributed by atoms with E-state index in [4.69, 9.17) is 9.52 Å². The van der Waals surface area contributed by atoms with Crippen molar-refractivity contribution in [2.24, 2.45) is 0 Å². The fourth-order valence-corrected chi connectivity index (χ4v) is 1.64. The van der Waals surface area contributed by atoms with Gasteiger partial charge in [0.1, 0.15) is 11.5 Å². The summed E-state index contributed by atoms with van der Waals surface area (Å²) >= 11 is 0. The molecule has 1 heterocycles. The van der Waals surface area contributed by atoms with Gasteiger partial charge in [0.25, 0.3) is 0 Å². The molecule has 5 heteroatoms. The van der Waals surface area contributed by atoms with Gasteiger partial charge in [0, 0.05) is 5.56 Å². The van der Waals surface area contributed by atoms with Gasteiger partial charge in [-0.25, -0.2) is 4.79 Å². The molecule has 2 rings (SSSR count). The molecular weight excluding hydrogens is 236 g/mol. The zero-order valence-corrected chi connectivity index (χ0v) is 9.51. The number of carboxylic acids is 1. The highest BCUT2D eigenvalue weighted by Gasteiger charge is 2.17. The second-order valence-corrected chi connectivity index (χ2v) is 3.81. The van der Waals surface area contributed by atoms with Gasteiger partial charge in [0.2, 0.25) is 0 Å². The summed E-state index contributed by atoms with van der Waals surface area (Å²) in [6.45, 7) is 1.65. The van der Waals surface area contributed by atoms with Crippen molar-refractivity contribution in [2.45, 2.75) is 6.92 Å². The summed E-state index contributed by atoms with van der Waals surface area (Å²) in [5, 5.41) is 18.6. The highest BCUT2D eigenvalue weighted by atomic mass is 16.4. The third-order valence-corrected chi connectivity index (χ3v) is 2.57. The van der Waals surface area contributed by atoms with Crippen LogP contribution in [0, 0.1) is 6.92 Å². The van der Waals surface area contributed by atoms with Crippen LogP contribution in [0.1, 0.15) is 26.5 Å². The van der Waals surface area contributed by atoms with Crippen LogP contribution in [0.3, 0.4) is 0 Å². The van der Waals surface area contributed by atoms with Gasteiger partial charge in [-0.2, -0.15) is 0 Å². The number of carbonyl (C=O) groups is 2. The number of hydrogen-bond donors (Lipinski definition) is 2. The van der Waals surface area contributed by atoms with Crippen molar-refractivity contribution >= 4 is 12.3 Å². The number of phenols is 1. The van der Waals surface area contributed by atoms with Crippen LogP contribution in [0.5, 0.6) is 5.75 Å². The molecule has 92 valence electrons. The van der Waals surface area contributed by atoms with E-state index in [-0.39, 0.29) is 22.8 Å². The molecule has 0 saturated carbocycles. The number of benzene rings is 1. The first-order valence-corrected chi connectivity index (χ1v) is 5.15. The summed E-state index contributed by atoms with van der Waals surface area (Å²) in [5.74, 6) is -0.882. The zero-order chi connectivity index (χ0) is 13.3. The lowest BCUT2D eigenvalue weighted by molar-refractivity contribution is 0.0697. The number of carboxylic acid groups (broad SMARTS) is 1. The standard InChI is InChI=1S/C13H10O5/c1-7-4-9(10(13(16)17)5-11(7)15)12-3-2-8(6-14)18-12/h2-6,15H,1H3,(H,16,17). The SMILES string of the molecule is Cc1cc(-c2ccc(C=O)o2)c(C(=O)O)cc1O. The minimum atomic E-state index is -1.18. The van der Waals surface area contributed by atoms with Crippen LogP contribution in [0.4, 0.5) is 0 Å². The van der Waals surface area contributed by atoms with Crippen molar-refractivity contribution in [3.8, 4) is 17.1 Å². The maximum absolute atomic E-state index is 11.1. The normalized spacial score (nSPS) is 10.3. The van der Waals surface area contributed by atoms with Gasteiger partial charge >= 0.3 is 5.97 Å². The molecule has 5 nitrogen and oxygen atoms in total. The maximum atomic E-state index is 11.1. The van der Waals surface area contributed by atoms with E-state index in [9.17, 15) is 14.7 Å². The Kier molecular flexibility index (Phi) is 2.89. The Morgan fingerprint density at radius 1 is 1.33 bits per heavy atom. The molecule has 1 aromatic carbocycles. The quantitative estimate of drug-likeness (QED) is 0.812. The van der Waals surface area contributed by atoms with Crippen molar-refractivity contribution in [1.82, 2.24) is 0 Å². The highest BCUT2D eigenvalue weighted by molar-refractivity contribution is 5.96. The first kappa shape index (κ1) is 11.9. The monoisotopic (exact) mass is 246 g/mol. The van der Waals surface area contributed by atoms with Crippen LogP contribution < -0.4 is 0 Å². The van der Waals surface area contributed by atoms with Crippen LogP contribution in [0.2, 0.25) is 0 Å². The second kappa shape index (κ2) is 4.37. The number of aromatic hydroxyl groups is 1. The Balaban J connectivity index is 2.65. The topological polar surface area (TPSA) is 87.7 Å². The molecule has 18 heavy (non-hydrogen) atoms. The average molecular weight is 246 g/mol. The largest absolute Gasteiger partial charge is 0.508 e. The molecule has 2 aromatic rings. The zero-order valence-electron chi connectivity index (χ0n) is 9.51. The molecule has 0 bridgehead atoms. The summed E-state index contributed by atoms with van der Waals surface area (Å²) in [6.07, 6.45) is 0.539. The third-order valence-electron chi connectivity index (χ3n) is 2.57. The molecule has 0 radical (unpaired) electrons. The Labute approximate surface area is 102 Å².